The summed E-state index contributed by atoms with van der Waals surface area (Å²) in [4.78, 5) is 67.0. The van der Waals surface area contributed by atoms with Crippen LogP contribution in [0.2, 0.25) is 0 Å². The summed E-state index contributed by atoms with van der Waals surface area (Å²) in [5, 5.41) is 0. The van der Waals surface area contributed by atoms with Gasteiger partial charge in [-0.1, -0.05) is 66.4 Å². The number of nitrogens with one attached hydrogen (secondary N) is 2. The molecular weight excluding hydrogens is 876 g/mol. The van der Waals surface area contributed by atoms with E-state index >= 15 is 0 Å². The molecule has 2 aliphatic rings. The molecule has 0 saturated carbocycles. The Kier molecular flexibility index (Phi) is 14.1. The van der Waals surface area contributed by atoms with Crippen molar-refractivity contribution in [1.82, 2.24) is 19.1 Å². The van der Waals surface area contributed by atoms with Crippen molar-refractivity contribution in [3.63, 3.8) is 0 Å². The number of H-pyrrole nitrogens is 2. The smallest absolute Gasteiger partial charge is 0.330 e. The van der Waals surface area contributed by atoms with Crippen LogP contribution in [0.15, 0.2) is 110 Å². The fourth-order valence-corrected chi connectivity index (χ4v) is 9.71. The molecule has 4 heterocycles. The molecule has 2 aromatic heterocycles. The van der Waals surface area contributed by atoms with Gasteiger partial charge in [0, 0.05) is 43.3 Å². The third-order valence-corrected chi connectivity index (χ3v) is 13.0. The van der Waals surface area contributed by atoms with Gasteiger partial charge in [0.05, 0.1) is 39.2 Å². The van der Waals surface area contributed by atoms with E-state index in [1.807, 2.05) is 78.9 Å². The van der Waals surface area contributed by atoms with Crippen LogP contribution in [-0.2, 0) is 62.4 Å². The highest BCUT2D eigenvalue weighted by molar-refractivity contribution is 8.51. The Balaban J connectivity index is 1.20. The highest BCUT2D eigenvalue weighted by Gasteiger charge is 2.45. The van der Waals surface area contributed by atoms with E-state index in [0.29, 0.717) is 11.5 Å². The molecule has 2 aliphatic heterocycles. The number of aromatic amines is 2. The lowest BCUT2D eigenvalue weighted by molar-refractivity contribution is -0.150. The van der Waals surface area contributed by atoms with Crippen LogP contribution in [0.3, 0.4) is 0 Å². The zero-order valence-corrected chi connectivity index (χ0v) is 37.4. The minimum atomic E-state index is -3.64. The van der Waals surface area contributed by atoms with E-state index in [9.17, 15) is 24.0 Å². The number of methoxy groups -OCH3 is 2. The maximum absolute atomic E-state index is 13.2. The van der Waals surface area contributed by atoms with Crippen LogP contribution in [0.5, 0.6) is 11.5 Å². The Morgan fingerprint density at radius 3 is 1.68 bits per heavy atom. The van der Waals surface area contributed by atoms with E-state index in [4.69, 9.17) is 61.5 Å². The topological polar surface area (TPSA) is 201 Å². The number of aryl methyl sites for hydroxylation is 2. The second-order valence-corrected chi connectivity index (χ2v) is 20.0. The summed E-state index contributed by atoms with van der Waals surface area (Å²) in [7, 11) is 3.17. The lowest BCUT2D eigenvalue weighted by Gasteiger charge is -2.38. The lowest BCUT2D eigenvalue weighted by Crippen LogP contribution is -2.38. The predicted molar refractivity (Wildman–Crippen MR) is 235 cm³/mol. The first-order valence-corrected chi connectivity index (χ1v) is 23.5. The summed E-state index contributed by atoms with van der Waals surface area (Å²) < 4.78 is 51.4. The monoisotopic (exact) mass is 921 g/mol. The minimum absolute atomic E-state index is 0.0494. The van der Waals surface area contributed by atoms with Gasteiger partial charge in [0.15, 0.2) is 0 Å². The van der Waals surface area contributed by atoms with Crippen molar-refractivity contribution in [3.8, 4) is 11.5 Å². The SMILES string of the molecule is COc1ccc(C(OC[C@H]2O[C@@H](n3cc(C)c(=O)[nH]c3=O)C[C@@H]2OP(=S)([S-])OC[C@H]2O[C@@H](n3cc(C)c(=O)[nH]c3=O)C[C@@H]2OC(C)=O)(c2ccccc2)c2ccc(OC)cc2)cc1. The third kappa shape index (κ3) is 10.2. The number of ether oxygens (including phenoxy) is 6. The number of benzene rings is 3. The summed E-state index contributed by atoms with van der Waals surface area (Å²) in [6.45, 7) is 3.94. The molecule has 20 heteroatoms. The average Bonchev–Trinajstić information content (AvgIpc) is 3.86. The van der Waals surface area contributed by atoms with Gasteiger partial charge in [-0.15, -0.1) is 0 Å². The highest BCUT2D eigenvalue weighted by atomic mass is 32.9. The van der Waals surface area contributed by atoms with Gasteiger partial charge >= 0.3 is 17.3 Å². The number of rotatable bonds is 16. The summed E-state index contributed by atoms with van der Waals surface area (Å²) in [6.07, 6.45) is -2.60. The predicted octanol–water partition coefficient (Wildman–Crippen LogP) is 4.41. The van der Waals surface area contributed by atoms with Gasteiger partial charge in [0.1, 0.15) is 47.9 Å². The first-order valence-electron chi connectivity index (χ1n) is 19.9. The van der Waals surface area contributed by atoms with Gasteiger partial charge < -0.3 is 49.7 Å². The van der Waals surface area contributed by atoms with Crippen molar-refractivity contribution in [2.24, 2.45) is 0 Å². The average molecular weight is 922 g/mol. The summed E-state index contributed by atoms with van der Waals surface area (Å²) >= 11 is 11.6. The fourth-order valence-electron chi connectivity index (χ4n) is 7.73. The number of carbonyl (C=O) groups excluding carboxylic acids is 1. The highest BCUT2D eigenvalue weighted by Crippen LogP contribution is 2.52. The summed E-state index contributed by atoms with van der Waals surface area (Å²) in [6, 6.07) is 24.6. The number of hydrogen-bond donors (Lipinski definition) is 2. The van der Waals surface area contributed by atoms with Crippen LogP contribution in [0.25, 0.3) is 0 Å². The van der Waals surface area contributed by atoms with Gasteiger partial charge in [0.2, 0.25) is 0 Å². The maximum Gasteiger partial charge on any atom is 0.330 e. The number of hydrogen-bond acceptors (Lipinski definition) is 15. The van der Waals surface area contributed by atoms with Crippen molar-refractivity contribution in [3.05, 3.63) is 161 Å². The van der Waals surface area contributed by atoms with E-state index < -0.39 is 76.6 Å². The van der Waals surface area contributed by atoms with Crippen LogP contribution < -0.4 is 32.0 Å². The summed E-state index contributed by atoms with van der Waals surface area (Å²) in [5.74, 6) is 0.692. The molecule has 63 heavy (non-hydrogen) atoms. The molecule has 0 bridgehead atoms. The quantitative estimate of drug-likeness (QED) is 0.0610. The number of carbonyl (C=O) groups is 1. The van der Waals surface area contributed by atoms with Gasteiger partial charge in [-0.3, -0.25) is 33.5 Å². The molecule has 0 aliphatic carbocycles. The Bertz CT molecular complexity index is 2660. The van der Waals surface area contributed by atoms with Crippen LogP contribution in [0.4, 0.5) is 0 Å². The standard InChI is InChI=1S/C43H47N4O13PS2/c1-25-21-46(41(51)44-39(25)49)37-19-33(57-27(3)48)36(59-37)24-56-61(62,63)60-34-20-38(47-22-26(2)40(50)45-42(47)52)58-35(34)23-55-43(28-9-7-6-8-10-28,29-11-15-31(53-4)16-12-29)30-13-17-32(54-5)18-14-30/h6-18,21-22,33-38H,19-20,23-24H2,1-5H3,(H,62,63)(H,44,49,51)(H,45,50,52)/p-1/t33-,34-,35+,36+,37+,38+/m0/s1. The number of esters is 1. The van der Waals surface area contributed by atoms with Crippen molar-refractivity contribution in [1.29, 1.82) is 0 Å². The minimum Gasteiger partial charge on any atom is -0.691 e. The largest absolute Gasteiger partial charge is 0.691 e. The molecule has 1 unspecified atom stereocenters. The summed E-state index contributed by atoms with van der Waals surface area (Å²) in [5.41, 5.74) is -4.50. The zero-order chi connectivity index (χ0) is 45.1. The fraction of sp³-hybridized carbons (Fsp3) is 0.372. The third-order valence-electron chi connectivity index (χ3n) is 10.9. The van der Waals surface area contributed by atoms with E-state index in [2.05, 4.69) is 9.97 Å². The number of nitrogens with zero attached hydrogens (tertiary/aromatic N) is 2. The molecule has 17 nitrogen and oxygen atoms in total. The van der Waals surface area contributed by atoms with Gasteiger partial charge in [-0.25, -0.2) is 9.59 Å². The molecule has 7 rings (SSSR count). The van der Waals surface area contributed by atoms with Gasteiger partial charge in [-0.2, -0.15) is 0 Å². The first-order chi connectivity index (χ1) is 30.1. The molecule has 334 valence electrons. The molecule has 7 atom stereocenters. The van der Waals surface area contributed by atoms with Crippen molar-refractivity contribution < 1.29 is 42.3 Å². The van der Waals surface area contributed by atoms with Crippen molar-refractivity contribution >= 4 is 35.7 Å². The van der Waals surface area contributed by atoms with Crippen LogP contribution in [0, 0.1) is 13.8 Å². The second kappa shape index (κ2) is 19.3. The van der Waals surface area contributed by atoms with Gasteiger partial charge in [0.25, 0.3) is 11.1 Å². The normalized spacial score (nSPS) is 22.1. The van der Waals surface area contributed by atoms with E-state index in [1.54, 1.807) is 28.1 Å². The van der Waals surface area contributed by atoms with Crippen LogP contribution >= 0.6 is 5.69 Å². The Morgan fingerprint density at radius 1 is 0.746 bits per heavy atom. The number of aromatic nitrogens is 4. The first kappa shape index (κ1) is 45.9. The Morgan fingerprint density at radius 2 is 1.21 bits per heavy atom. The molecule has 2 saturated heterocycles. The molecule has 5 aromatic rings. The van der Waals surface area contributed by atoms with Crippen molar-refractivity contribution in [2.45, 2.75) is 76.1 Å². The van der Waals surface area contributed by atoms with E-state index in [1.165, 1.54) is 28.5 Å². The molecule has 0 amide bonds. The Labute approximate surface area is 371 Å². The van der Waals surface area contributed by atoms with Gasteiger partial charge in [-0.05, 0) is 54.8 Å². The Hall–Kier alpha value is -5.11. The lowest BCUT2D eigenvalue weighted by atomic mass is 9.80. The van der Waals surface area contributed by atoms with Crippen molar-refractivity contribution in [2.75, 3.05) is 27.4 Å². The zero-order valence-electron chi connectivity index (χ0n) is 34.9. The molecule has 2 N–H and O–H groups in total. The van der Waals surface area contributed by atoms with E-state index in [0.717, 1.165) is 16.7 Å². The maximum atomic E-state index is 13.2. The van der Waals surface area contributed by atoms with E-state index in [-0.39, 0.29) is 37.2 Å². The molecule has 0 spiro atoms. The molecule has 2 fully saturated rings. The molecular formula is C43H46N4O13PS2-. The van der Waals surface area contributed by atoms with Crippen LogP contribution in [-0.4, -0.2) is 76.9 Å². The molecule has 0 radical (unpaired) electrons. The second-order valence-electron chi connectivity index (χ2n) is 15.0. The van der Waals surface area contributed by atoms with Crippen LogP contribution in [0.1, 0.15) is 60.0 Å². The molecule has 3 aromatic carbocycles.